The van der Waals surface area contributed by atoms with Crippen molar-refractivity contribution in [3.05, 3.63) is 52.5 Å². The number of carboxylic acids is 1. The fourth-order valence-electron chi connectivity index (χ4n) is 2.54. The summed E-state index contributed by atoms with van der Waals surface area (Å²) in [6.07, 6.45) is -0.325. The largest absolute Gasteiger partial charge is 0.550 e. The van der Waals surface area contributed by atoms with Crippen molar-refractivity contribution in [2.24, 2.45) is 0 Å². The quantitative estimate of drug-likeness (QED) is 0.606. The number of oxazole rings is 1. The van der Waals surface area contributed by atoms with Gasteiger partial charge >= 0.3 is 0 Å². The number of thiophene rings is 1. The number of carbonyl (C=O) groups is 1. The van der Waals surface area contributed by atoms with E-state index >= 15 is 0 Å². The molecule has 3 aromatic heterocycles. The molecule has 0 aliphatic heterocycles. The summed E-state index contributed by atoms with van der Waals surface area (Å²) in [5.74, 6) is -0.470. The Morgan fingerprint density at radius 1 is 1.29 bits per heavy atom. The smallest absolute Gasteiger partial charge is 0.243 e. The third-order valence-electron chi connectivity index (χ3n) is 3.57. The zero-order valence-electron chi connectivity index (χ0n) is 12.2. The van der Waals surface area contributed by atoms with Gasteiger partial charge in [-0.3, -0.25) is 0 Å². The maximum absolute atomic E-state index is 11.0. The van der Waals surface area contributed by atoms with Gasteiger partial charge in [0, 0.05) is 23.3 Å². The van der Waals surface area contributed by atoms with E-state index in [1.807, 2.05) is 30.3 Å². The van der Waals surface area contributed by atoms with Crippen molar-refractivity contribution in [2.45, 2.75) is 6.42 Å². The Morgan fingerprint density at radius 3 is 2.83 bits per heavy atom. The van der Waals surface area contributed by atoms with E-state index in [0.717, 1.165) is 15.8 Å². The summed E-state index contributed by atoms with van der Waals surface area (Å²) in [5.41, 5.74) is 1.96. The van der Waals surface area contributed by atoms with Gasteiger partial charge in [0.1, 0.15) is 5.69 Å². The molecule has 4 aromatic rings. The van der Waals surface area contributed by atoms with Crippen molar-refractivity contribution in [1.82, 2.24) is 9.97 Å². The highest BCUT2D eigenvalue weighted by Gasteiger charge is 2.19. The van der Waals surface area contributed by atoms with E-state index in [9.17, 15) is 9.90 Å². The third-order valence-corrected chi connectivity index (χ3v) is 4.80. The number of carboxylic acid groups (broad SMARTS) is 1. The number of fused-ring (bicyclic) bond motifs is 1. The SMILES string of the molecule is O=C([O-])Cc1nc(-c2cc3ccccc3[nH]2)oc1-c1ccc(Cl)s1. The number of halogens is 1. The zero-order chi connectivity index (χ0) is 16.7. The molecule has 7 heteroatoms. The predicted molar refractivity (Wildman–Crippen MR) is 90.8 cm³/mol. The average molecular weight is 358 g/mol. The van der Waals surface area contributed by atoms with Gasteiger partial charge < -0.3 is 19.3 Å². The van der Waals surface area contributed by atoms with Crippen LogP contribution in [0.5, 0.6) is 0 Å². The van der Waals surface area contributed by atoms with Crippen molar-refractivity contribution < 1.29 is 14.3 Å². The van der Waals surface area contributed by atoms with Crippen LogP contribution in [-0.4, -0.2) is 15.9 Å². The molecule has 0 radical (unpaired) electrons. The Labute approximate surface area is 145 Å². The first kappa shape index (κ1) is 15.0. The normalized spacial score (nSPS) is 11.2. The molecule has 0 bridgehead atoms. The van der Waals surface area contributed by atoms with Gasteiger partial charge in [0.15, 0.2) is 5.76 Å². The van der Waals surface area contributed by atoms with Gasteiger partial charge in [-0.25, -0.2) is 4.98 Å². The number of carbonyl (C=O) groups excluding carboxylic acids is 1. The van der Waals surface area contributed by atoms with Gasteiger partial charge in [0.2, 0.25) is 5.89 Å². The second-order valence-electron chi connectivity index (χ2n) is 5.22. The lowest BCUT2D eigenvalue weighted by Crippen LogP contribution is -2.24. The second kappa shape index (κ2) is 5.81. The van der Waals surface area contributed by atoms with Gasteiger partial charge in [-0.2, -0.15) is 0 Å². The van der Waals surface area contributed by atoms with Crippen LogP contribution in [0.25, 0.3) is 33.1 Å². The number of aliphatic carboxylic acids is 1. The first-order valence-corrected chi connectivity index (χ1v) is 8.33. The Balaban J connectivity index is 1.84. The molecule has 0 saturated heterocycles. The highest BCUT2D eigenvalue weighted by molar-refractivity contribution is 7.19. The molecule has 0 atom stereocenters. The fourth-order valence-corrected chi connectivity index (χ4v) is 3.59. The van der Waals surface area contributed by atoms with Crippen LogP contribution in [0, 0.1) is 0 Å². The standard InChI is InChI=1S/C17H11ClN2O3S/c18-14-6-5-13(24-14)16-11(8-15(21)22)20-17(23-16)12-7-9-3-1-2-4-10(9)19-12/h1-7,19H,8H2,(H,21,22)/p-1. The van der Waals surface area contributed by atoms with E-state index in [1.165, 1.54) is 11.3 Å². The number of hydrogen-bond donors (Lipinski definition) is 1. The van der Waals surface area contributed by atoms with Crippen molar-refractivity contribution in [3.8, 4) is 22.2 Å². The molecule has 120 valence electrons. The molecule has 0 unspecified atom stereocenters. The molecule has 0 saturated carbocycles. The number of hydrogen-bond acceptors (Lipinski definition) is 5. The summed E-state index contributed by atoms with van der Waals surface area (Å²) < 4.78 is 6.44. The molecule has 0 fully saturated rings. The van der Waals surface area contributed by atoms with E-state index in [2.05, 4.69) is 9.97 Å². The summed E-state index contributed by atoms with van der Waals surface area (Å²) >= 11 is 7.27. The monoisotopic (exact) mass is 357 g/mol. The average Bonchev–Trinajstić information content (AvgIpc) is 3.23. The van der Waals surface area contributed by atoms with Crippen LogP contribution < -0.4 is 5.11 Å². The summed E-state index contributed by atoms with van der Waals surface area (Å²) in [6.45, 7) is 0. The summed E-state index contributed by atoms with van der Waals surface area (Å²) in [5, 5.41) is 12.0. The highest BCUT2D eigenvalue weighted by Crippen LogP contribution is 2.36. The number of aromatic nitrogens is 2. The van der Waals surface area contributed by atoms with Crippen LogP contribution in [0.4, 0.5) is 0 Å². The third kappa shape index (κ3) is 2.70. The minimum Gasteiger partial charge on any atom is -0.550 e. The van der Waals surface area contributed by atoms with Gasteiger partial charge in [-0.05, 0) is 24.3 Å². The van der Waals surface area contributed by atoms with E-state index in [-0.39, 0.29) is 6.42 Å². The zero-order valence-corrected chi connectivity index (χ0v) is 13.8. The Morgan fingerprint density at radius 2 is 2.12 bits per heavy atom. The highest BCUT2D eigenvalue weighted by atomic mass is 35.5. The maximum atomic E-state index is 11.0. The molecule has 1 aromatic carbocycles. The molecule has 3 heterocycles. The van der Waals surface area contributed by atoms with Gasteiger partial charge in [0.05, 0.1) is 14.9 Å². The summed E-state index contributed by atoms with van der Waals surface area (Å²) in [6, 6.07) is 13.2. The molecule has 4 rings (SSSR count). The number of H-pyrrole nitrogens is 1. The fraction of sp³-hybridized carbons (Fsp3) is 0.0588. The van der Waals surface area contributed by atoms with E-state index < -0.39 is 5.97 Å². The van der Waals surface area contributed by atoms with Crippen molar-refractivity contribution in [2.75, 3.05) is 0 Å². The first-order valence-electron chi connectivity index (χ1n) is 7.13. The lowest BCUT2D eigenvalue weighted by molar-refractivity contribution is -0.304. The molecule has 24 heavy (non-hydrogen) atoms. The Kier molecular flexibility index (Phi) is 3.63. The second-order valence-corrected chi connectivity index (χ2v) is 6.93. The molecular formula is C17H10ClN2O3S-. The number of para-hydroxylation sites is 1. The van der Waals surface area contributed by atoms with Crippen LogP contribution in [0.15, 0.2) is 46.9 Å². The van der Waals surface area contributed by atoms with E-state index in [4.69, 9.17) is 16.0 Å². The maximum Gasteiger partial charge on any atom is 0.243 e. The predicted octanol–water partition coefficient (Wildman–Crippen LogP) is 3.50. The summed E-state index contributed by atoms with van der Waals surface area (Å²) in [4.78, 5) is 19.3. The van der Waals surface area contributed by atoms with Gasteiger partial charge in [-0.1, -0.05) is 29.8 Å². The number of nitrogens with zero attached hydrogens (tertiary/aromatic N) is 1. The lowest BCUT2D eigenvalue weighted by Gasteiger charge is -1.99. The minimum atomic E-state index is -1.21. The molecular weight excluding hydrogens is 348 g/mol. The first-order chi connectivity index (χ1) is 11.6. The Hall–Kier alpha value is -2.57. The molecule has 0 aliphatic rings. The van der Waals surface area contributed by atoms with Gasteiger partial charge in [-0.15, -0.1) is 11.3 Å². The Bertz CT molecular complexity index is 1010. The number of rotatable bonds is 4. The summed E-state index contributed by atoms with van der Waals surface area (Å²) in [7, 11) is 0. The van der Waals surface area contributed by atoms with Crippen LogP contribution in [0.2, 0.25) is 4.34 Å². The molecule has 0 spiro atoms. The molecule has 0 aliphatic carbocycles. The van der Waals surface area contributed by atoms with Crippen LogP contribution >= 0.6 is 22.9 Å². The molecule has 5 nitrogen and oxygen atoms in total. The van der Waals surface area contributed by atoms with Crippen LogP contribution in [0.3, 0.4) is 0 Å². The van der Waals surface area contributed by atoms with Gasteiger partial charge in [0.25, 0.3) is 0 Å². The van der Waals surface area contributed by atoms with E-state index in [0.29, 0.717) is 27.4 Å². The number of nitrogens with one attached hydrogen (secondary N) is 1. The topological polar surface area (TPSA) is 82.0 Å². The number of benzene rings is 1. The molecule has 0 amide bonds. The van der Waals surface area contributed by atoms with E-state index in [1.54, 1.807) is 12.1 Å². The van der Waals surface area contributed by atoms with Crippen molar-refractivity contribution in [1.29, 1.82) is 0 Å². The van der Waals surface area contributed by atoms with Crippen molar-refractivity contribution in [3.63, 3.8) is 0 Å². The molecule has 1 N–H and O–H groups in total. The minimum absolute atomic E-state index is 0.321. The van der Waals surface area contributed by atoms with Crippen LogP contribution in [-0.2, 0) is 11.2 Å². The van der Waals surface area contributed by atoms with Crippen molar-refractivity contribution >= 4 is 39.8 Å². The lowest BCUT2D eigenvalue weighted by atomic mass is 10.2. The number of aromatic amines is 1. The van der Waals surface area contributed by atoms with Crippen LogP contribution in [0.1, 0.15) is 5.69 Å².